The molecular weight excluding hydrogens is 230 g/mol. The van der Waals surface area contributed by atoms with Gasteiger partial charge in [0.05, 0.1) is 6.61 Å². The van der Waals surface area contributed by atoms with Crippen molar-refractivity contribution in [2.45, 2.75) is 12.6 Å². The highest BCUT2D eigenvalue weighted by Crippen LogP contribution is 2.10. The molecule has 0 aliphatic rings. The number of hydrogen-bond donors (Lipinski definition) is 2. The number of rotatable bonds is 6. The number of ether oxygens (including phenoxy) is 1. The molecule has 0 spiro atoms. The van der Waals surface area contributed by atoms with Crippen molar-refractivity contribution in [3.63, 3.8) is 0 Å². The van der Waals surface area contributed by atoms with Crippen molar-refractivity contribution in [3.8, 4) is 0 Å². The zero-order chi connectivity index (χ0) is 13.5. The fraction of sp³-hybridized carbons (Fsp3) is 0.462. The third-order valence-corrected chi connectivity index (χ3v) is 2.40. The number of nitrogens with zero attached hydrogens (tertiary/aromatic N) is 1. The Morgan fingerprint density at radius 1 is 1.39 bits per heavy atom. The summed E-state index contributed by atoms with van der Waals surface area (Å²) < 4.78 is 4.83. The number of carbonyl (C=O) groups is 1. The van der Waals surface area contributed by atoms with Crippen molar-refractivity contribution >= 4 is 11.6 Å². The van der Waals surface area contributed by atoms with Crippen LogP contribution in [0.1, 0.15) is 5.56 Å². The topological polar surface area (TPSA) is 67.6 Å². The fourth-order valence-corrected chi connectivity index (χ4v) is 1.55. The van der Waals surface area contributed by atoms with E-state index < -0.39 is 6.04 Å². The molecule has 1 atom stereocenters. The van der Waals surface area contributed by atoms with Crippen LogP contribution in [0.5, 0.6) is 0 Å². The van der Waals surface area contributed by atoms with Gasteiger partial charge in [0.1, 0.15) is 6.04 Å². The molecule has 5 heteroatoms. The summed E-state index contributed by atoms with van der Waals surface area (Å²) in [5.41, 5.74) is 7.57. The molecule has 1 aromatic carbocycles. The average molecular weight is 251 g/mol. The minimum atomic E-state index is -0.642. The predicted molar refractivity (Wildman–Crippen MR) is 72.3 cm³/mol. The summed E-state index contributed by atoms with van der Waals surface area (Å²) in [6, 6.07) is 7.07. The lowest BCUT2D eigenvalue weighted by Crippen LogP contribution is -2.39. The Balaban J connectivity index is 2.55. The first-order valence-corrected chi connectivity index (χ1v) is 5.82. The van der Waals surface area contributed by atoms with Gasteiger partial charge in [-0.05, 0) is 31.8 Å². The Kier molecular flexibility index (Phi) is 5.77. The highest BCUT2D eigenvalue weighted by molar-refractivity contribution is 5.94. The Morgan fingerprint density at radius 2 is 2.00 bits per heavy atom. The summed E-state index contributed by atoms with van der Waals surface area (Å²) in [6.45, 7) is 1.09. The van der Waals surface area contributed by atoms with E-state index in [1.807, 2.05) is 38.4 Å². The van der Waals surface area contributed by atoms with E-state index in [1.165, 1.54) is 12.7 Å². The highest BCUT2D eigenvalue weighted by Gasteiger charge is 2.12. The van der Waals surface area contributed by atoms with Crippen LogP contribution < -0.4 is 11.1 Å². The van der Waals surface area contributed by atoms with Gasteiger partial charge in [0, 0.05) is 19.3 Å². The lowest BCUT2D eigenvalue weighted by Gasteiger charge is -2.13. The molecule has 0 saturated heterocycles. The van der Waals surface area contributed by atoms with Crippen molar-refractivity contribution in [2.24, 2.45) is 5.73 Å². The number of methoxy groups -OCH3 is 1. The lowest BCUT2D eigenvalue weighted by atomic mass is 10.2. The van der Waals surface area contributed by atoms with Crippen LogP contribution in [0.3, 0.4) is 0 Å². The molecule has 0 aliphatic carbocycles. The highest BCUT2D eigenvalue weighted by atomic mass is 16.5. The van der Waals surface area contributed by atoms with Gasteiger partial charge in [0.25, 0.3) is 0 Å². The van der Waals surface area contributed by atoms with Crippen LogP contribution >= 0.6 is 0 Å². The average Bonchev–Trinajstić information content (AvgIpc) is 2.31. The van der Waals surface area contributed by atoms with E-state index in [0.29, 0.717) is 0 Å². The molecule has 3 N–H and O–H groups in total. The molecule has 100 valence electrons. The number of amides is 1. The van der Waals surface area contributed by atoms with Crippen molar-refractivity contribution in [2.75, 3.05) is 33.1 Å². The summed E-state index contributed by atoms with van der Waals surface area (Å²) in [6.07, 6.45) is 0. The molecule has 1 amide bonds. The molecule has 0 fully saturated rings. The van der Waals surface area contributed by atoms with Gasteiger partial charge in [0.2, 0.25) is 5.91 Å². The molecule has 0 heterocycles. The smallest absolute Gasteiger partial charge is 0.243 e. The molecule has 18 heavy (non-hydrogen) atoms. The van der Waals surface area contributed by atoms with E-state index in [0.717, 1.165) is 12.2 Å². The Morgan fingerprint density at radius 3 is 2.50 bits per heavy atom. The Labute approximate surface area is 108 Å². The molecule has 1 unspecified atom stereocenters. The molecule has 0 saturated carbocycles. The van der Waals surface area contributed by atoms with Gasteiger partial charge in [-0.25, -0.2) is 0 Å². The molecule has 0 bridgehead atoms. The third kappa shape index (κ3) is 4.83. The van der Waals surface area contributed by atoms with Crippen LogP contribution in [0.25, 0.3) is 0 Å². The van der Waals surface area contributed by atoms with Crippen LogP contribution in [-0.4, -0.2) is 44.7 Å². The number of nitrogens with one attached hydrogen (secondary N) is 1. The van der Waals surface area contributed by atoms with Crippen molar-refractivity contribution in [1.29, 1.82) is 0 Å². The van der Waals surface area contributed by atoms with E-state index in [-0.39, 0.29) is 12.5 Å². The summed E-state index contributed by atoms with van der Waals surface area (Å²) in [5, 5.41) is 2.75. The van der Waals surface area contributed by atoms with E-state index >= 15 is 0 Å². The maximum atomic E-state index is 11.6. The van der Waals surface area contributed by atoms with Crippen LogP contribution in [0.4, 0.5) is 5.69 Å². The standard InChI is InChI=1S/C13H21N3O2/c1-16(2)8-10-4-6-11(7-5-10)15-13(17)12(14)9-18-3/h4-7,12H,8-9,14H2,1-3H3,(H,15,17). The second-order valence-corrected chi connectivity index (χ2v) is 4.49. The lowest BCUT2D eigenvalue weighted by molar-refractivity contribution is -0.118. The summed E-state index contributed by atoms with van der Waals surface area (Å²) >= 11 is 0. The largest absolute Gasteiger partial charge is 0.383 e. The van der Waals surface area contributed by atoms with E-state index in [4.69, 9.17) is 10.5 Å². The predicted octanol–water partition coefficient (Wildman–Crippen LogP) is 0.660. The van der Waals surface area contributed by atoms with Crippen molar-refractivity contribution in [3.05, 3.63) is 29.8 Å². The fourth-order valence-electron chi connectivity index (χ4n) is 1.55. The first kappa shape index (κ1) is 14.6. The van der Waals surface area contributed by atoms with Gasteiger partial charge >= 0.3 is 0 Å². The van der Waals surface area contributed by atoms with Gasteiger partial charge in [0.15, 0.2) is 0 Å². The van der Waals surface area contributed by atoms with Gasteiger partial charge in [-0.1, -0.05) is 12.1 Å². The molecule has 5 nitrogen and oxygen atoms in total. The third-order valence-electron chi connectivity index (χ3n) is 2.40. The normalized spacial score (nSPS) is 12.5. The number of hydrogen-bond acceptors (Lipinski definition) is 4. The number of nitrogens with two attached hydrogens (primary N) is 1. The summed E-state index contributed by atoms with van der Waals surface area (Å²) in [7, 11) is 5.54. The van der Waals surface area contributed by atoms with E-state index in [9.17, 15) is 4.79 Å². The molecular formula is C13H21N3O2. The zero-order valence-corrected chi connectivity index (χ0v) is 11.1. The van der Waals surface area contributed by atoms with Gasteiger partial charge in [-0.15, -0.1) is 0 Å². The van der Waals surface area contributed by atoms with Gasteiger partial charge in [-0.2, -0.15) is 0 Å². The van der Waals surface area contributed by atoms with Crippen LogP contribution in [0.2, 0.25) is 0 Å². The van der Waals surface area contributed by atoms with E-state index in [1.54, 1.807) is 0 Å². The molecule has 0 aliphatic heterocycles. The number of anilines is 1. The first-order valence-electron chi connectivity index (χ1n) is 5.82. The van der Waals surface area contributed by atoms with Gasteiger partial charge < -0.3 is 20.7 Å². The molecule has 0 radical (unpaired) electrons. The van der Waals surface area contributed by atoms with Crippen molar-refractivity contribution < 1.29 is 9.53 Å². The number of benzene rings is 1. The number of carbonyl (C=O) groups excluding carboxylic acids is 1. The summed E-state index contributed by atoms with van der Waals surface area (Å²) in [5.74, 6) is -0.239. The van der Waals surface area contributed by atoms with Crippen molar-refractivity contribution in [1.82, 2.24) is 4.90 Å². The van der Waals surface area contributed by atoms with Crippen LogP contribution in [-0.2, 0) is 16.1 Å². The summed E-state index contributed by atoms with van der Waals surface area (Å²) in [4.78, 5) is 13.7. The Hall–Kier alpha value is -1.43. The minimum absolute atomic E-state index is 0.213. The molecule has 1 aromatic rings. The first-order chi connectivity index (χ1) is 8.52. The molecule has 0 aromatic heterocycles. The van der Waals surface area contributed by atoms with E-state index in [2.05, 4.69) is 10.2 Å². The maximum Gasteiger partial charge on any atom is 0.243 e. The second kappa shape index (κ2) is 7.10. The minimum Gasteiger partial charge on any atom is -0.383 e. The Bertz CT molecular complexity index is 376. The van der Waals surface area contributed by atoms with Gasteiger partial charge in [-0.3, -0.25) is 4.79 Å². The van der Waals surface area contributed by atoms with Crippen LogP contribution in [0, 0.1) is 0 Å². The monoisotopic (exact) mass is 251 g/mol. The maximum absolute atomic E-state index is 11.6. The SMILES string of the molecule is COCC(N)C(=O)Nc1ccc(CN(C)C)cc1. The zero-order valence-electron chi connectivity index (χ0n) is 11.1. The quantitative estimate of drug-likeness (QED) is 0.779. The second-order valence-electron chi connectivity index (χ2n) is 4.49. The van der Waals surface area contributed by atoms with Crippen LogP contribution in [0.15, 0.2) is 24.3 Å². The molecule has 1 rings (SSSR count).